The number of ether oxygens (including phenoxy) is 3. The number of nitrogens with zero attached hydrogens (tertiary/aromatic N) is 1. The van der Waals surface area contributed by atoms with Gasteiger partial charge in [0.2, 0.25) is 0 Å². The molecule has 1 heterocycles. The molecule has 158 valence electrons. The second-order valence-corrected chi connectivity index (χ2v) is 7.97. The van der Waals surface area contributed by atoms with Crippen LogP contribution in [0.4, 0.5) is 0 Å². The Morgan fingerprint density at radius 3 is 2.78 bits per heavy atom. The average Bonchev–Trinajstić information content (AvgIpc) is 3.35. The van der Waals surface area contributed by atoms with Crippen LogP contribution < -0.4 is 10.6 Å². The minimum absolute atomic E-state index is 0. The van der Waals surface area contributed by atoms with Gasteiger partial charge in [-0.25, -0.2) is 0 Å². The van der Waals surface area contributed by atoms with Crippen molar-refractivity contribution < 1.29 is 14.2 Å². The molecule has 2 saturated carbocycles. The Morgan fingerprint density at radius 2 is 2.11 bits per heavy atom. The summed E-state index contributed by atoms with van der Waals surface area (Å²) in [6.45, 7) is 7.18. The summed E-state index contributed by atoms with van der Waals surface area (Å²) in [7, 11) is 1.85. The van der Waals surface area contributed by atoms with Crippen molar-refractivity contribution in [3.05, 3.63) is 0 Å². The molecule has 3 rings (SSSR count). The Bertz CT molecular complexity index is 452. The lowest BCUT2D eigenvalue weighted by Gasteiger charge is -2.54. The number of hydrogen-bond donors (Lipinski definition) is 2. The van der Waals surface area contributed by atoms with E-state index in [-0.39, 0.29) is 24.0 Å². The normalized spacial score (nSPS) is 29.4. The summed E-state index contributed by atoms with van der Waals surface area (Å²) in [4.78, 5) is 4.41. The number of aliphatic imine (C=N–C) groups is 1. The number of guanidine groups is 1. The Morgan fingerprint density at radius 1 is 1.30 bits per heavy atom. The van der Waals surface area contributed by atoms with Gasteiger partial charge in [0.25, 0.3) is 0 Å². The lowest BCUT2D eigenvalue weighted by molar-refractivity contribution is -0.125. The number of rotatable bonds is 9. The zero-order valence-electron chi connectivity index (χ0n) is 17.0. The smallest absolute Gasteiger partial charge is 0.191 e. The van der Waals surface area contributed by atoms with Crippen LogP contribution in [0.15, 0.2) is 4.99 Å². The largest absolute Gasteiger partial charge is 0.381 e. The molecule has 0 aromatic rings. The molecule has 3 atom stereocenters. The third kappa shape index (κ3) is 5.93. The van der Waals surface area contributed by atoms with Crippen molar-refractivity contribution in [2.75, 3.05) is 46.6 Å². The molecular weight excluding hydrogens is 457 g/mol. The molecule has 7 heteroatoms. The Labute approximate surface area is 181 Å². The van der Waals surface area contributed by atoms with Crippen LogP contribution in [0.1, 0.15) is 51.9 Å². The van der Waals surface area contributed by atoms with Crippen molar-refractivity contribution in [1.82, 2.24) is 10.6 Å². The first kappa shape index (κ1) is 23.2. The fraction of sp³-hybridized carbons (Fsp3) is 0.950. The molecule has 2 aliphatic carbocycles. The second-order valence-electron chi connectivity index (χ2n) is 7.97. The third-order valence-electron chi connectivity index (χ3n) is 6.36. The van der Waals surface area contributed by atoms with Gasteiger partial charge in [-0.3, -0.25) is 4.99 Å². The average molecular weight is 495 g/mol. The van der Waals surface area contributed by atoms with Crippen LogP contribution in [-0.4, -0.2) is 64.7 Å². The molecular formula is C20H38IN3O3. The van der Waals surface area contributed by atoms with Crippen molar-refractivity contribution in [2.24, 2.45) is 16.3 Å². The fourth-order valence-electron chi connectivity index (χ4n) is 4.79. The summed E-state index contributed by atoms with van der Waals surface area (Å²) in [5.41, 5.74) is 0.333. The zero-order valence-corrected chi connectivity index (χ0v) is 19.3. The highest BCUT2D eigenvalue weighted by atomic mass is 127. The van der Waals surface area contributed by atoms with Gasteiger partial charge in [-0.15, -0.1) is 24.0 Å². The van der Waals surface area contributed by atoms with Gasteiger partial charge in [-0.05, 0) is 39.0 Å². The predicted molar refractivity (Wildman–Crippen MR) is 119 cm³/mol. The molecule has 27 heavy (non-hydrogen) atoms. The zero-order chi connectivity index (χ0) is 18.2. The van der Waals surface area contributed by atoms with E-state index >= 15 is 0 Å². The Hall–Kier alpha value is -0.120. The first-order valence-corrected chi connectivity index (χ1v) is 10.5. The third-order valence-corrected chi connectivity index (χ3v) is 6.36. The molecule has 0 aromatic heterocycles. The van der Waals surface area contributed by atoms with Gasteiger partial charge >= 0.3 is 0 Å². The van der Waals surface area contributed by atoms with E-state index in [1.807, 2.05) is 7.05 Å². The van der Waals surface area contributed by atoms with E-state index in [4.69, 9.17) is 14.2 Å². The summed E-state index contributed by atoms with van der Waals surface area (Å²) in [5, 5.41) is 7.11. The highest BCUT2D eigenvalue weighted by Gasteiger charge is 2.56. The van der Waals surface area contributed by atoms with Crippen LogP contribution in [0.5, 0.6) is 0 Å². The molecule has 0 aromatic carbocycles. The summed E-state index contributed by atoms with van der Waals surface area (Å²) in [6, 6.07) is 0.492. The molecule has 0 radical (unpaired) electrons. The van der Waals surface area contributed by atoms with E-state index < -0.39 is 0 Å². The van der Waals surface area contributed by atoms with Crippen LogP contribution in [0.3, 0.4) is 0 Å². The van der Waals surface area contributed by atoms with Crippen molar-refractivity contribution in [3.8, 4) is 0 Å². The van der Waals surface area contributed by atoms with Gasteiger partial charge in [-0.2, -0.15) is 0 Å². The van der Waals surface area contributed by atoms with Crippen molar-refractivity contribution >= 4 is 29.9 Å². The first-order chi connectivity index (χ1) is 12.8. The lowest BCUT2D eigenvalue weighted by atomic mass is 9.60. The Balaban J connectivity index is 0.00000261. The quantitative estimate of drug-likeness (QED) is 0.223. The van der Waals surface area contributed by atoms with Crippen LogP contribution >= 0.6 is 24.0 Å². The van der Waals surface area contributed by atoms with Crippen LogP contribution in [0.2, 0.25) is 0 Å². The van der Waals surface area contributed by atoms with Crippen molar-refractivity contribution in [3.63, 3.8) is 0 Å². The maximum atomic E-state index is 6.00. The molecule has 1 saturated heterocycles. The van der Waals surface area contributed by atoms with Gasteiger partial charge in [0.05, 0.1) is 19.3 Å². The second kappa shape index (κ2) is 11.8. The summed E-state index contributed by atoms with van der Waals surface area (Å²) in [6.07, 6.45) is 8.89. The molecule has 2 N–H and O–H groups in total. The molecule has 1 aliphatic heterocycles. The van der Waals surface area contributed by atoms with Crippen molar-refractivity contribution in [1.29, 1.82) is 0 Å². The first-order valence-electron chi connectivity index (χ1n) is 10.5. The van der Waals surface area contributed by atoms with Crippen LogP contribution in [0, 0.1) is 11.3 Å². The maximum absolute atomic E-state index is 6.00. The van der Waals surface area contributed by atoms with Gasteiger partial charge < -0.3 is 24.8 Å². The summed E-state index contributed by atoms with van der Waals surface area (Å²) < 4.78 is 17.1. The highest BCUT2D eigenvalue weighted by molar-refractivity contribution is 14.0. The molecule has 1 spiro atoms. The fourth-order valence-corrected chi connectivity index (χ4v) is 4.79. The highest BCUT2D eigenvalue weighted by Crippen LogP contribution is 2.54. The lowest BCUT2D eigenvalue weighted by Crippen LogP contribution is -2.65. The summed E-state index contributed by atoms with van der Waals surface area (Å²) in [5.74, 6) is 1.51. The van der Waals surface area contributed by atoms with Crippen molar-refractivity contribution in [2.45, 2.75) is 64.0 Å². The topological polar surface area (TPSA) is 64.1 Å². The standard InChI is InChI=1S/C20H37N3O3.HI/c1-3-26-18-13-17(20(18)8-4-5-9-20)23-19(21-2)22-10-6-11-24-14-16-7-12-25-15-16;/h16-18H,3-15H2,1-2H3,(H2,21,22,23);1H. The van der Waals surface area contributed by atoms with E-state index in [2.05, 4.69) is 22.5 Å². The molecule has 3 fully saturated rings. The number of nitrogens with one attached hydrogen (secondary N) is 2. The SMILES string of the molecule is CCOC1CC(NC(=NC)NCCCOCC2CCOC2)C12CCCC2.I. The molecule has 3 unspecified atom stereocenters. The number of hydrogen-bond acceptors (Lipinski definition) is 4. The minimum Gasteiger partial charge on any atom is -0.381 e. The monoisotopic (exact) mass is 495 g/mol. The maximum Gasteiger partial charge on any atom is 0.191 e. The van der Waals surface area contributed by atoms with Crippen LogP contribution in [0.25, 0.3) is 0 Å². The van der Waals surface area contributed by atoms with Gasteiger partial charge in [0.15, 0.2) is 5.96 Å². The predicted octanol–water partition coefficient (Wildman–Crippen LogP) is 2.95. The minimum atomic E-state index is 0. The molecule has 0 amide bonds. The number of halogens is 1. The Kier molecular flexibility index (Phi) is 10.1. The van der Waals surface area contributed by atoms with E-state index in [1.54, 1.807) is 0 Å². The van der Waals surface area contributed by atoms with E-state index in [0.29, 0.717) is 23.5 Å². The van der Waals surface area contributed by atoms with E-state index in [1.165, 1.54) is 25.7 Å². The van der Waals surface area contributed by atoms with E-state index in [0.717, 1.165) is 64.8 Å². The molecule has 0 bridgehead atoms. The van der Waals surface area contributed by atoms with Crippen LogP contribution in [-0.2, 0) is 14.2 Å². The molecule has 6 nitrogen and oxygen atoms in total. The van der Waals surface area contributed by atoms with Gasteiger partial charge in [-0.1, -0.05) is 12.8 Å². The van der Waals surface area contributed by atoms with E-state index in [9.17, 15) is 0 Å². The van der Waals surface area contributed by atoms with Gasteiger partial charge in [0.1, 0.15) is 0 Å². The summed E-state index contributed by atoms with van der Waals surface area (Å²) >= 11 is 0. The molecule has 3 aliphatic rings. The van der Waals surface area contributed by atoms with Gasteiger partial charge in [0, 0.05) is 50.8 Å².